The fraction of sp³-hybridized carbons (Fsp3) is 0.538. The molecule has 0 bridgehead atoms. The van der Waals surface area contributed by atoms with Crippen molar-refractivity contribution in [1.82, 2.24) is 5.32 Å². The average molecular weight is 260 g/mol. The molecule has 1 aliphatic heterocycles. The van der Waals surface area contributed by atoms with Crippen molar-refractivity contribution in [1.29, 1.82) is 0 Å². The zero-order valence-electron chi connectivity index (χ0n) is 9.56. The molecule has 1 aromatic carbocycles. The highest BCUT2D eigenvalue weighted by Crippen LogP contribution is 2.29. The van der Waals surface area contributed by atoms with E-state index in [0.29, 0.717) is 23.6 Å². The summed E-state index contributed by atoms with van der Waals surface area (Å²) in [5.74, 6) is -2.70. The number of hydrogen-bond donors (Lipinski definition) is 1. The molecule has 1 heterocycles. The van der Waals surface area contributed by atoms with Gasteiger partial charge in [-0.1, -0.05) is 30.2 Å². The minimum absolute atomic E-state index is 0.245. The third kappa shape index (κ3) is 3.39. The van der Waals surface area contributed by atoms with Crippen molar-refractivity contribution in [3.8, 4) is 0 Å². The summed E-state index contributed by atoms with van der Waals surface area (Å²) in [6.07, 6.45) is 2.17. The van der Waals surface area contributed by atoms with Crippen LogP contribution in [0.4, 0.5) is 8.78 Å². The summed E-state index contributed by atoms with van der Waals surface area (Å²) in [6.45, 7) is 0.690. The first kappa shape index (κ1) is 12.8. The molecule has 1 unspecified atom stereocenters. The SMILES string of the molecule is FC(F)(Cc1cccc(Cl)c1)C1CCCCN1. The van der Waals surface area contributed by atoms with Crippen LogP contribution < -0.4 is 5.32 Å². The lowest BCUT2D eigenvalue weighted by Gasteiger charge is -2.31. The van der Waals surface area contributed by atoms with Crippen LogP contribution in [0, 0.1) is 0 Å². The van der Waals surface area contributed by atoms with Gasteiger partial charge in [-0.05, 0) is 37.1 Å². The molecular formula is C13H16ClF2N. The van der Waals surface area contributed by atoms with Gasteiger partial charge in [0.15, 0.2) is 0 Å². The van der Waals surface area contributed by atoms with E-state index in [0.717, 1.165) is 12.8 Å². The maximum absolute atomic E-state index is 14.0. The van der Waals surface area contributed by atoms with Gasteiger partial charge >= 0.3 is 0 Å². The van der Waals surface area contributed by atoms with Crippen LogP contribution in [0.25, 0.3) is 0 Å². The van der Waals surface area contributed by atoms with Crippen molar-refractivity contribution in [2.45, 2.75) is 37.6 Å². The maximum Gasteiger partial charge on any atom is 0.267 e. The Labute approximate surface area is 105 Å². The van der Waals surface area contributed by atoms with Gasteiger partial charge in [-0.25, -0.2) is 8.78 Å². The van der Waals surface area contributed by atoms with E-state index in [2.05, 4.69) is 5.32 Å². The Morgan fingerprint density at radius 2 is 2.18 bits per heavy atom. The Morgan fingerprint density at radius 1 is 1.35 bits per heavy atom. The third-order valence-corrected chi connectivity index (χ3v) is 3.38. The number of alkyl halides is 2. The van der Waals surface area contributed by atoms with Gasteiger partial charge in [-0.15, -0.1) is 0 Å². The number of nitrogens with one attached hydrogen (secondary N) is 1. The summed E-state index contributed by atoms with van der Waals surface area (Å²) in [5, 5.41) is 3.42. The molecule has 0 spiro atoms. The average Bonchev–Trinajstić information content (AvgIpc) is 2.29. The number of rotatable bonds is 3. The lowest BCUT2D eigenvalue weighted by Crippen LogP contribution is -2.48. The fourth-order valence-corrected chi connectivity index (χ4v) is 2.47. The van der Waals surface area contributed by atoms with E-state index in [1.807, 2.05) is 0 Å². The normalized spacial score (nSPS) is 21.5. The van der Waals surface area contributed by atoms with Crippen LogP contribution in [0.15, 0.2) is 24.3 Å². The second-order valence-corrected chi connectivity index (χ2v) is 5.01. The van der Waals surface area contributed by atoms with E-state index in [4.69, 9.17) is 11.6 Å². The number of hydrogen-bond acceptors (Lipinski definition) is 1. The summed E-state index contributed by atoms with van der Waals surface area (Å²) >= 11 is 5.80. The second kappa shape index (κ2) is 5.32. The highest BCUT2D eigenvalue weighted by Gasteiger charge is 2.39. The van der Waals surface area contributed by atoms with E-state index >= 15 is 0 Å². The van der Waals surface area contributed by atoms with Gasteiger partial charge in [0.2, 0.25) is 0 Å². The fourth-order valence-electron chi connectivity index (χ4n) is 2.25. The molecule has 94 valence electrons. The minimum Gasteiger partial charge on any atom is -0.309 e. The summed E-state index contributed by atoms with van der Waals surface area (Å²) in [6, 6.07) is 6.01. The van der Waals surface area contributed by atoms with Crippen molar-refractivity contribution in [3.05, 3.63) is 34.9 Å². The summed E-state index contributed by atoms with van der Waals surface area (Å²) in [7, 11) is 0. The van der Waals surface area contributed by atoms with Gasteiger partial charge in [-0.3, -0.25) is 0 Å². The molecule has 0 aromatic heterocycles. The summed E-state index contributed by atoms with van der Waals surface area (Å²) in [4.78, 5) is 0. The lowest BCUT2D eigenvalue weighted by molar-refractivity contribution is -0.0441. The largest absolute Gasteiger partial charge is 0.309 e. The van der Waals surface area contributed by atoms with Gasteiger partial charge < -0.3 is 5.32 Å². The first-order valence-corrected chi connectivity index (χ1v) is 6.31. The van der Waals surface area contributed by atoms with Gasteiger partial charge in [0.05, 0.1) is 6.04 Å². The van der Waals surface area contributed by atoms with Crippen molar-refractivity contribution < 1.29 is 8.78 Å². The number of halogens is 3. The van der Waals surface area contributed by atoms with Crippen molar-refractivity contribution in [2.75, 3.05) is 6.54 Å². The van der Waals surface area contributed by atoms with Crippen molar-refractivity contribution >= 4 is 11.6 Å². The van der Waals surface area contributed by atoms with Crippen LogP contribution in [-0.2, 0) is 6.42 Å². The zero-order valence-corrected chi connectivity index (χ0v) is 10.3. The first-order chi connectivity index (χ1) is 8.08. The highest BCUT2D eigenvalue weighted by atomic mass is 35.5. The van der Waals surface area contributed by atoms with Crippen LogP contribution in [0.3, 0.4) is 0 Å². The Balaban J connectivity index is 2.05. The van der Waals surface area contributed by atoms with Crippen molar-refractivity contribution in [2.24, 2.45) is 0 Å². The van der Waals surface area contributed by atoms with E-state index in [9.17, 15) is 8.78 Å². The predicted octanol–water partition coefficient (Wildman–Crippen LogP) is 3.66. The first-order valence-electron chi connectivity index (χ1n) is 5.93. The summed E-state index contributed by atoms with van der Waals surface area (Å²) in [5.41, 5.74) is 0.592. The quantitative estimate of drug-likeness (QED) is 0.874. The van der Waals surface area contributed by atoms with Gasteiger partial charge in [0.1, 0.15) is 0 Å². The van der Waals surface area contributed by atoms with Gasteiger partial charge in [0, 0.05) is 11.4 Å². The predicted molar refractivity (Wildman–Crippen MR) is 65.7 cm³/mol. The van der Waals surface area contributed by atoms with E-state index < -0.39 is 12.0 Å². The van der Waals surface area contributed by atoms with Gasteiger partial charge in [-0.2, -0.15) is 0 Å². The molecule has 1 aliphatic rings. The zero-order chi connectivity index (χ0) is 12.3. The van der Waals surface area contributed by atoms with Crippen LogP contribution >= 0.6 is 11.6 Å². The number of piperidine rings is 1. The second-order valence-electron chi connectivity index (χ2n) is 4.57. The van der Waals surface area contributed by atoms with Crippen LogP contribution in [-0.4, -0.2) is 18.5 Å². The molecule has 0 radical (unpaired) electrons. The molecule has 2 rings (SSSR count). The van der Waals surface area contributed by atoms with Crippen LogP contribution in [0.1, 0.15) is 24.8 Å². The molecule has 0 amide bonds. The molecule has 1 fully saturated rings. The molecule has 1 saturated heterocycles. The maximum atomic E-state index is 14.0. The molecule has 1 nitrogen and oxygen atoms in total. The van der Waals surface area contributed by atoms with Crippen LogP contribution in [0.2, 0.25) is 5.02 Å². The van der Waals surface area contributed by atoms with E-state index in [-0.39, 0.29) is 6.42 Å². The third-order valence-electron chi connectivity index (χ3n) is 3.15. The molecule has 17 heavy (non-hydrogen) atoms. The highest BCUT2D eigenvalue weighted by molar-refractivity contribution is 6.30. The molecular weight excluding hydrogens is 244 g/mol. The lowest BCUT2D eigenvalue weighted by atomic mass is 9.94. The van der Waals surface area contributed by atoms with Gasteiger partial charge in [0.25, 0.3) is 5.92 Å². The Morgan fingerprint density at radius 3 is 2.82 bits per heavy atom. The Hall–Kier alpha value is -0.670. The van der Waals surface area contributed by atoms with Crippen molar-refractivity contribution in [3.63, 3.8) is 0 Å². The molecule has 0 saturated carbocycles. The molecule has 0 aliphatic carbocycles. The smallest absolute Gasteiger partial charge is 0.267 e. The Bertz CT molecular complexity index is 375. The molecule has 1 N–H and O–H groups in total. The molecule has 1 aromatic rings. The molecule has 4 heteroatoms. The van der Waals surface area contributed by atoms with Crippen LogP contribution in [0.5, 0.6) is 0 Å². The monoisotopic (exact) mass is 259 g/mol. The van der Waals surface area contributed by atoms with E-state index in [1.54, 1.807) is 24.3 Å². The number of benzene rings is 1. The Kier molecular flexibility index (Phi) is 4.00. The summed E-state index contributed by atoms with van der Waals surface area (Å²) < 4.78 is 28.0. The topological polar surface area (TPSA) is 12.0 Å². The minimum atomic E-state index is -2.70. The standard InChI is InChI=1S/C13H16ClF2N/c14-11-5-3-4-10(8-11)9-13(15,16)12-6-1-2-7-17-12/h3-5,8,12,17H,1-2,6-7,9H2. The molecule has 1 atom stereocenters. The van der Waals surface area contributed by atoms with E-state index in [1.165, 1.54) is 0 Å².